The van der Waals surface area contributed by atoms with Crippen LogP contribution in [0.25, 0.3) is 22.4 Å². The fraction of sp³-hybridized carbons (Fsp3) is 0.500. The molecule has 0 fully saturated rings. The first kappa shape index (κ1) is 16.7. The van der Waals surface area contributed by atoms with E-state index in [0.717, 1.165) is 48.2 Å². The van der Waals surface area contributed by atoms with E-state index in [2.05, 4.69) is 11.6 Å². The van der Waals surface area contributed by atoms with Crippen LogP contribution in [0, 0.1) is 0 Å². The number of hydrogen-bond acceptors (Lipinski definition) is 4. The number of rotatable bonds is 1. The lowest BCUT2D eigenvalue weighted by Gasteiger charge is -2.19. The minimum atomic E-state index is 0.826. The number of hydrogen-bond donors (Lipinski definition) is 1. The molecule has 5 heteroatoms. The molecule has 0 radical (unpaired) electrons. The Morgan fingerprint density at radius 2 is 1.48 bits per heavy atom. The molecule has 0 saturated carbocycles. The Kier molecular flexibility index (Phi) is 4.10. The van der Waals surface area contributed by atoms with Crippen LogP contribution >= 0.6 is 0 Å². The van der Waals surface area contributed by atoms with E-state index in [-0.39, 0.29) is 0 Å². The van der Waals surface area contributed by atoms with Crippen LogP contribution in [0.15, 0.2) is 12.4 Å². The monoisotopic (exact) mass is 361 g/mol. The van der Waals surface area contributed by atoms with Crippen LogP contribution in [-0.2, 0) is 32.7 Å². The molecule has 2 aliphatic carbocycles. The molecule has 2 aliphatic rings. The highest BCUT2D eigenvalue weighted by Crippen LogP contribution is 2.40. The molecule has 0 spiro atoms. The summed E-state index contributed by atoms with van der Waals surface area (Å²) >= 11 is 0. The van der Waals surface area contributed by atoms with Crippen LogP contribution < -0.4 is 5.73 Å². The van der Waals surface area contributed by atoms with Gasteiger partial charge in [-0.2, -0.15) is 0 Å². The van der Waals surface area contributed by atoms with Crippen LogP contribution in [0.5, 0.6) is 0 Å². The third-order valence-electron chi connectivity index (χ3n) is 6.27. The van der Waals surface area contributed by atoms with Crippen molar-refractivity contribution in [3.63, 3.8) is 0 Å². The fourth-order valence-corrected chi connectivity index (χ4v) is 4.85. The van der Waals surface area contributed by atoms with Crippen LogP contribution in [0.1, 0.15) is 61.0 Å². The molecule has 3 aromatic heterocycles. The summed E-state index contributed by atoms with van der Waals surface area (Å²) < 4.78 is 2.10. The first-order chi connectivity index (χ1) is 13.2. The van der Waals surface area contributed by atoms with Crippen LogP contribution in [0.3, 0.4) is 0 Å². The molecule has 0 aromatic carbocycles. The Labute approximate surface area is 160 Å². The second-order valence-corrected chi connectivity index (χ2v) is 8.04. The van der Waals surface area contributed by atoms with Gasteiger partial charge in [-0.1, -0.05) is 12.8 Å². The van der Waals surface area contributed by atoms with Crippen molar-refractivity contribution in [3.05, 3.63) is 34.9 Å². The second-order valence-electron chi connectivity index (χ2n) is 8.04. The van der Waals surface area contributed by atoms with Crippen molar-refractivity contribution in [1.29, 1.82) is 0 Å². The van der Waals surface area contributed by atoms with E-state index in [4.69, 9.17) is 20.7 Å². The summed E-state index contributed by atoms with van der Waals surface area (Å²) in [6.07, 6.45) is 15.3. The van der Waals surface area contributed by atoms with Gasteiger partial charge >= 0.3 is 0 Å². The molecule has 0 saturated heterocycles. The number of fused-ring (bicyclic) bond motifs is 3. The van der Waals surface area contributed by atoms with Crippen LogP contribution in [0.4, 0.5) is 5.69 Å². The van der Waals surface area contributed by atoms with Crippen molar-refractivity contribution >= 4 is 16.7 Å². The molecule has 0 bridgehead atoms. The summed E-state index contributed by atoms with van der Waals surface area (Å²) in [5.41, 5.74) is 14.7. The van der Waals surface area contributed by atoms with Gasteiger partial charge in [0.1, 0.15) is 5.82 Å². The van der Waals surface area contributed by atoms with E-state index in [0.29, 0.717) is 0 Å². The Morgan fingerprint density at radius 1 is 0.852 bits per heavy atom. The molecular weight excluding hydrogens is 334 g/mol. The highest BCUT2D eigenvalue weighted by atomic mass is 15.0. The topological polar surface area (TPSA) is 69.6 Å². The van der Waals surface area contributed by atoms with Crippen molar-refractivity contribution in [2.75, 3.05) is 5.73 Å². The van der Waals surface area contributed by atoms with Gasteiger partial charge in [0, 0.05) is 42.1 Å². The molecule has 0 unspecified atom stereocenters. The zero-order valence-electron chi connectivity index (χ0n) is 16.1. The van der Waals surface area contributed by atoms with Gasteiger partial charge in [0.15, 0.2) is 5.65 Å². The van der Waals surface area contributed by atoms with Crippen molar-refractivity contribution in [3.8, 4) is 11.4 Å². The minimum Gasteiger partial charge on any atom is -0.398 e. The molecule has 27 heavy (non-hydrogen) atoms. The highest BCUT2D eigenvalue weighted by Gasteiger charge is 2.25. The van der Waals surface area contributed by atoms with Crippen molar-refractivity contribution in [1.82, 2.24) is 19.5 Å². The number of nitrogens with two attached hydrogens (primary N) is 1. The Balaban J connectivity index is 1.89. The normalized spacial score (nSPS) is 17.2. The Bertz CT molecular complexity index is 1010. The Morgan fingerprint density at radius 3 is 2.15 bits per heavy atom. The van der Waals surface area contributed by atoms with Gasteiger partial charge in [-0.3, -0.25) is 0 Å². The van der Waals surface area contributed by atoms with Gasteiger partial charge in [-0.15, -0.1) is 0 Å². The molecule has 0 atom stereocenters. The van der Waals surface area contributed by atoms with Gasteiger partial charge in [-0.25, -0.2) is 15.0 Å². The van der Waals surface area contributed by atoms with Crippen LogP contribution in [-0.4, -0.2) is 19.5 Å². The number of pyridine rings is 2. The zero-order chi connectivity index (χ0) is 18.4. The molecule has 5 nitrogen and oxygen atoms in total. The lowest BCUT2D eigenvalue weighted by molar-refractivity contribution is 0.708. The number of imidazole rings is 1. The van der Waals surface area contributed by atoms with E-state index in [9.17, 15) is 0 Å². The first-order valence-electron chi connectivity index (χ1n) is 10.3. The van der Waals surface area contributed by atoms with E-state index < -0.39 is 0 Å². The van der Waals surface area contributed by atoms with Gasteiger partial charge in [0.2, 0.25) is 0 Å². The number of aryl methyl sites for hydroxylation is 3. The lowest BCUT2D eigenvalue weighted by Crippen LogP contribution is -2.10. The molecule has 5 rings (SSSR count). The van der Waals surface area contributed by atoms with Crippen molar-refractivity contribution < 1.29 is 0 Å². The van der Waals surface area contributed by atoms with Gasteiger partial charge in [0.25, 0.3) is 0 Å². The van der Waals surface area contributed by atoms with Crippen LogP contribution in [0.2, 0.25) is 0 Å². The number of nitrogens with zero attached hydrogens (tertiary/aromatic N) is 4. The molecule has 0 amide bonds. The average molecular weight is 361 g/mol. The summed E-state index contributed by atoms with van der Waals surface area (Å²) in [4.78, 5) is 14.8. The maximum Gasteiger partial charge on any atom is 0.162 e. The highest BCUT2D eigenvalue weighted by molar-refractivity contribution is 6.02. The van der Waals surface area contributed by atoms with Gasteiger partial charge in [0.05, 0.1) is 5.39 Å². The lowest BCUT2D eigenvalue weighted by atomic mass is 9.94. The number of anilines is 1. The second kappa shape index (κ2) is 6.63. The smallest absolute Gasteiger partial charge is 0.162 e. The SMILES string of the molecule is Cn1ccnc1-c1c2c(nc3nc4c(c(N)c13)CCCCC4)CCCCC2. The molecule has 140 valence electrons. The molecule has 3 aromatic rings. The maximum atomic E-state index is 6.82. The zero-order valence-corrected chi connectivity index (χ0v) is 16.1. The molecule has 2 N–H and O–H groups in total. The summed E-state index contributed by atoms with van der Waals surface area (Å²) in [6, 6.07) is 0. The summed E-state index contributed by atoms with van der Waals surface area (Å²) in [6.45, 7) is 0. The summed E-state index contributed by atoms with van der Waals surface area (Å²) in [5.74, 6) is 0.989. The summed E-state index contributed by atoms with van der Waals surface area (Å²) in [5, 5.41) is 1.03. The quantitative estimate of drug-likeness (QED) is 0.661. The van der Waals surface area contributed by atoms with Crippen molar-refractivity contribution in [2.45, 2.75) is 64.2 Å². The first-order valence-corrected chi connectivity index (χ1v) is 10.3. The summed E-state index contributed by atoms with van der Waals surface area (Å²) in [7, 11) is 2.06. The fourth-order valence-electron chi connectivity index (χ4n) is 4.85. The molecule has 3 heterocycles. The third kappa shape index (κ3) is 2.71. The number of aromatic nitrogens is 4. The number of nitrogen functional groups attached to an aromatic ring is 1. The standard InChI is InChI=1S/C22H27N5/c1-27-13-12-24-22(27)18-14-8-4-2-6-10-16(14)25-21-19(18)20(23)15-9-5-3-7-11-17(15)26-21/h12-13H,2-11H2,1H3,(H2,23,25,26). The van der Waals surface area contributed by atoms with E-state index >= 15 is 0 Å². The largest absolute Gasteiger partial charge is 0.398 e. The van der Waals surface area contributed by atoms with Gasteiger partial charge in [-0.05, 0) is 62.5 Å². The maximum absolute atomic E-state index is 6.82. The van der Waals surface area contributed by atoms with Crippen molar-refractivity contribution in [2.24, 2.45) is 7.05 Å². The third-order valence-corrected chi connectivity index (χ3v) is 6.27. The average Bonchev–Trinajstić information content (AvgIpc) is 2.86. The van der Waals surface area contributed by atoms with E-state index in [1.807, 2.05) is 12.4 Å². The van der Waals surface area contributed by atoms with E-state index in [1.54, 1.807) is 0 Å². The Hall–Kier alpha value is -2.43. The minimum absolute atomic E-state index is 0.826. The molecule has 0 aliphatic heterocycles. The van der Waals surface area contributed by atoms with Gasteiger partial charge < -0.3 is 10.3 Å². The predicted octanol–water partition coefficient (Wildman–Crippen LogP) is 4.15. The van der Waals surface area contributed by atoms with E-state index in [1.165, 1.54) is 66.6 Å². The molecular formula is C22H27N5. The predicted molar refractivity (Wildman–Crippen MR) is 109 cm³/mol.